The quantitative estimate of drug-likeness (QED) is 0.611. The number of rotatable bonds is 6. The second kappa shape index (κ2) is 8.56. The Hall–Kier alpha value is -3.73. The highest BCUT2D eigenvalue weighted by Crippen LogP contribution is 2.44. The number of hydrogen-bond acceptors (Lipinski definition) is 4. The number of carbonyl (C=O) groups excluding carboxylic acids is 1. The lowest BCUT2D eigenvalue weighted by Gasteiger charge is -2.28. The van der Waals surface area contributed by atoms with Crippen molar-refractivity contribution in [3.8, 4) is 11.5 Å². The molecule has 0 spiro atoms. The van der Waals surface area contributed by atoms with Crippen LogP contribution < -0.4 is 9.47 Å². The number of nitrogens with zero attached hydrogens (tertiary/aromatic N) is 1. The summed E-state index contributed by atoms with van der Waals surface area (Å²) in [4.78, 5) is 14.9. The third-order valence-electron chi connectivity index (χ3n) is 5.58. The van der Waals surface area contributed by atoms with E-state index in [9.17, 15) is 9.90 Å². The fourth-order valence-corrected chi connectivity index (χ4v) is 3.94. The molecular weight excluding hydrogens is 390 g/mol. The topological polar surface area (TPSA) is 59.0 Å². The van der Waals surface area contributed by atoms with Crippen LogP contribution >= 0.6 is 0 Å². The van der Waals surface area contributed by atoms with E-state index in [1.165, 1.54) is 0 Å². The van der Waals surface area contributed by atoms with Crippen molar-refractivity contribution in [2.75, 3.05) is 14.2 Å². The zero-order chi connectivity index (χ0) is 22.0. The predicted octanol–water partition coefficient (Wildman–Crippen LogP) is 5.07. The molecule has 3 aromatic rings. The van der Waals surface area contributed by atoms with Gasteiger partial charge in [-0.05, 0) is 47.9 Å². The standard InChI is InChI=1S/C26H25NO4/c1-17-7-9-20(10-8-17)24-23(19-11-13-21(30-2)14-12-19)25(28)26(29)27(24)16-18-5-4-6-22(15-18)31-3/h4-15,24,28H,16H2,1-3H3. The molecule has 0 saturated heterocycles. The van der Waals surface area contributed by atoms with E-state index in [-0.39, 0.29) is 11.7 Å². The van der Waals surface area contributed by atoms with Gasteiger partial charge in [0.2, 0.25) is 0 Å². The van der Waals surface area contributed by atoms with E-state index in [2.05, 4.69) is 0 Å². The van der Waals surface area contributed by atoms with Crippen LogP contribution in [0.25, 0.3) is 5.57 Å². The van der Waals surface area contributed by atoms with E-state index in [0.717, 1.165) is 28.0 Å². The highest BCUT2D eigenvalue weighted by atomic mass is 16.5. The van der Waals surface area contributed by atoms with Crippen molar-refractivity contribution in [1.29, 1.82) is 0 Å². The van der Waals surface area contributed by atoms with Crippen LogP contribution in [0.1, 0.15) is 28.3 Å². The monoisotopic (exact) mass is 415 g/mol. The smallest absolute Gasteiger partial charge is 0.290 e. The molecule has 0 aliphatic carbocycles. The Kier molecular flexibility index (Phi) is 5.67. The molecule has 0 saturated carbocycles. The van der Waals surface area contributed by atoms with Crippen molar-refractivity contribution >= 4 is 11.5 Å². The lowest BCUT2D eigenvalue weighted by molar-refractivity contribution is -0.130. The van der Waals surface area contributed by atoms with Crippen LogP contribution in [0.2, 0.25) is 0 Å². The zero-order valence-electron chi connectivity index (χ0n) is 17.8. The van der Waals surface area contributed by atoms with Crippen molar-refractivity contribution in [2.45, 2.75) is 19.5 Å². The van der Waals surface area contributed by atoms with E-state index in [1.54, 1.807) is 19.1 Å². The minimum Gasteiger partial charge on any atom is -0.503 e. The Morgan fingerprint density at radius 3 is 2.23 bits per heavy atom. The molecule has 0 bridgehead atoms. The predicted molar refractivity (Wildman–Crippen MR) is 120 cm³/mol. The minimum atomic E-state index is -0.410. The molecule has 5 heteroatoms. The largest absolute Gasteiger partial charge is 0.503 e. The fraction of sp³-hybridized carbons (Fsp3) is 0.192. The van der Waals surface area contributed by atoms with E-state index in [0.29, 0.717) is 17.9 Å². The molecule has 1 aliphatic heterocycles. The molecule has 1 heterocycles. The van der Waals surface area contributed by atoms with Crippen LogP contribution in [0.3, 0.4) is 0 Å². The number of amides is 1. The van der Waals surface area contributed by atoms with Gasteiger partial charge in [-0.15, -0.1) is 0 Å². The first-order chi connectivity index (χ1) is 15.0. The average Bonchev–Trinajstić information content (AvgIpc) is 3.05. The lowest BCUT2D eigenvalue weighted by Crippen LogP contribution is -2.29. The number of hydrogen-bond donors (Lipinski definition) is 1. The highest BCUT2D eigenvalue weighted by Gasteiger charge is 2.41. The number of aryl methyl sites for hydroxylation is 1. The van der Waals surface area contributed by atoms with Crippen molar-refractivity contribution in [3.63, 3.8) is 0 Å². The first-order valence-electron chi connectivity index (χ1n) is 10.1. The number of ether oxygens (including phenoxy) is 2. The Bertz CT molecular complexity index is 1120. The molecule has 0 radical (unpaired) electrons. The van der Waals surface area contributed by atoms with Gasteiger partial charge in [-0.2, -0.15) is 0 Å². The first-order valence-corrected chi connectivity index (χ1v) is 10.1. The molecule has 5 nitrogen and oxygen atoms in total. The van der Waals surface area contributed by atoms with Gasteiger partial charge in [0.05, 0.1) is 20.3 Å². The molecule has 3 aromatic carbocycles. The summed E-state index contributed by atoms with van der Waals surface area (Å²) < 4.78 is 10.6. The molecule has 1 aliphatic rings. The van der Waals surface area contributed by atoms with Gasteiger partial charge in [-0.3, -0.25) is 4.79 Å². The van der Waals surface area contributed by atoms with E-state index in [1.807, 2.05) is 79.7 Å². The highest BCUT2D eigenvalue weighted by molar-refractivity contribution is 6.05. The summed E-state index contributed by atoms with van der Waals surface area (Å²) in [5, 5.41) is 10.9. The molecule has 158 valence electrons. The SMILES string of the molecule is COc1ccc(C2=C(O)C(=O)N(Cc3cccc(OC)c3)C2c2ccc(C)cc2)cc1. The van der Waals surface area contributed by atoms with Crippen LogP contribution in [0, 0.1) is 6.92 Å². The fourth-order valence-electron chi connectivity index (χ4n) is 3.94. The van der Waals surface area contributed by atoms with E-state index >= 15 is 0 Å². The molecule has 31 heavy (non-hydrogen) atoms. The molecule has 0 aromatic heterocycles. The summed E-state index contributed by atoms with van der Waals surface area (Å²) >= 11 is 0. The maximum absolute atomic E-state index is 13.2. The van der Waals surface area contributed by atoms with Gasteiger partial charge in [0.1, 0.15) is 11.5 Å². The summed E-state index contributed by atoms with van der Waals surface area (Å²) in [5.74, 6) is 0.828. The number of aliphatic hydroxyl groups is 1. The number of benzene rings is 3. The Morgan fingerprint density at radius 2 is 1.58 bits per heavy atom. The maximum atomic E-state index is 13.2. The van der Waals surface area contributed by atoms with Crippen LogP contribution in [0.15, 0.2) is 78.6 Å². The Balaban J connectivity index is 1.78. The number of aliphatic hydroxyl groups excluding tert-OH is 1. The molecule has 1 unspecified atom stereocenters. The normalized spacial score (nSPS) is 16.0. The van der Waals surface area contributed by atoms with Crippen molar-refractivity contribution in [1.82, 2.24) is 4.90 Å². The van der Waals surface area contributed by atoms with Crippen molar-refractivity contribution in [3.05, 3.63) is 101 Å². The average molecular weight is 415 g/mol. The van der Waals surface area contributed by atoms with Gasteiger partial charge in [-0.25, -0.2) is 0 Å². The Morgan fingerprint density at radius 1 is 0.903 bits per heavy atom. The third-order valence-corrected chi connectivity index (χ3v) is 5.58. The lowest BCUT2D eigenvalue weighted by atomic mass is 9.93. The van der Waals surface area contributed by atoms with E-state index in [4.69, 9.17) is 9.47 Å². The van der Waals surface area contributed by atoms with Gasteiger partial charge < -0.3 is 19.5 Å². The van der Waals surface area contributed by atoms with Crippen LogP contribution in [0.5, 0.6) is 11.5 Å². The summed E-state index contributed by atoms with van der Waals surface area (Å²) in [7, 11) is 3.22. The van der Waals surface area contributed by atoms with Crippen molar-refractivity contribution < 1.29 is 19.4 Å². The Labute approximate surface area is 182 Å². The number of carbonyl (C=O) groups is 1. The molecule has 1 amide bonds. The molecule has 1 atom stereocenters. The van der Waals surface area contributed by atoms with Gasteiger partial charge >= 0.3 is 0 Å². The van der Waals surface area contributed by atoms with Gasteiger partial charge in [-0.1, -0.05) is 54.1 Å². The van der Waals surface area contributed by atoms with Crippen molar-refractivity contribution in [2.24, 2.45) is 0 Å². The van der Waals surface area contributed by atoms with Crippen LogP contribution in [0.4, 0.5) is 0 Å². The van der Waals surface area contributed by atoms with Crippen LogP contribution in [-0.4, -0.2) is 30.1 Å². The van der Waals surface area contributed by atoms with Crippen LogP contribution in [-0.2, 0) is 11.3 Å². The number of methoxy groups -OCH3 is 2. The summed E-state index contributed by atoms with van der Waals surface area (Å²) in [6.45, 7) is 2.37. The molecule has 4 rings (SSSR count). The summed E-state index contributed by atoms with van der Waals surface area (Å²) in [6.07, 6.45) is 0. The molecular formula is C26H25NO4. The third kappa shape index (κ3) is 3.99. The molecule has 0 fully saturated rings. The van der Waals surface area contributed by atoms with E-state index < -0.39 is 6.04 Å². The summed E-state index contributed by atoms with van der Waals surface area (Å²) in [5.41, 5.74) is 4.38. The zero-order valence-corrected chi connectivity index (χ0v) is 17.8. The first kappa shape index (κ1) is 20.5. The van der Waals surface area contributed by atoms with Gasteiger partial charge in [0.25, 0.3) is 5.91 Å². The second-order valence-electron chi connectivity index (χ2n) is 7.59. The molecule has 1 N–H and O–H groups in total. The van der Waals surface area contributed by atoms with Gasteiger partial charge in [0.15, 0.2) is 5.76 Å². The van der Waals surface area contributed by atoms with Gasteiger partial charge in [0, 0.05) is 12.1 Å². The second-order valence-corrected chi connectivity index (χ2v) is 7.59. The minimum absolute atomic E-state index is 0.223. The maximum Gasteiger partial charge on any atom is 0.290 e. The summed E-state index contributed by atoms with van der Waals surface area (Å²) in [6, 6.07) is 22.7.